The van der Waals surface area contributed by atoms with Gasteiger partial charge < -0.3 is 4.43 Å². The molecule has 150 valence electrons. The maximum absolute atomic E-state index is 14.1. The molecule has 1 aromatic carbocycles. The molecule has 2 atom stereocenters. The van der Waals surface area contributed by atoms with Gasteiger partial charge in [0.2, 0.25) is 5.91 Å². The summed E-state index contributed by atoms with van der Waals surface area (Å²) in [5, 5.41) is 2.01. The molecule has 0 radical (unpaired) electrons. The first kappa shape index (κ1) is 20.3. The Bertz CT molecular complexity index is 893. The molecule has 2 heterocycles. The van der Waals surface area contributed by atoms with Gasteiger partial charge in [-0.25, -0.2) is 4.39 Å². The summed E-state index contributed by atoms with van der Waals surface area (Å²) in [6.07, 6.45) is -1.12. The normalized spacial score (nSPS) is 23.1. The number of rotatable bonds is 3. The average molecular weight is 406 g/mol. The van der Waals surface area contributed by atoms with Crippen LogP contribution < -0.4 is 5.32 Å². The van der Waals surface area contributed by atoms with Crippen LogP contribution in [0.15, 0.2) is 18.2 Å². The van der Waals surface area contributed by atoms with Gasteiger partial charge in [0.1, 0.15) is 18.0 Å². The highest BCUT2D eigenvalue weighted by atomic mass is 28.4. The number of benzene rings is 1. The van der Waals surface area contributed by atoms with E-state index >= 15 is 0 Å². The molecule has 1 saturated heterocycles. The number of piperidine rings is 1. The lowest BCUT2D eigenvalue weighted by atomic mass is 10.0. The third-order valence-electron chi connectivity index (χ3n) is 5.73. The molecular formula is C19H23FN2O5Si. The molecule has 2 aliphatic heterocycles. The zero-order valence-corrected chi connectivity index (χ0v) is 17.5. The predicted molar refractivity (Wildman–Crippen MR) is 101 cm³/mol. The molecule has 28 heavy (non-hydrogen) atoms. The van der Waals surface area contributed by atoms with Crippen molar-refractivity contribution < 1.29 is 28.0 Å². The maximum atomic E-state index is 14.1. The van der Waals surface area contributed by atoms with E-state index in [1.165, 1.54) is 12.1 Å². The highest BCUT2D eigenvalue weighted by Gasteiger charge is 2.50. The van der Waals surface area contributed by atoms with Gasteiger partial charge in [-0.1, -0.05) is 26.8 Å². The molecule has 0 bridgehead atoms. The second-order valence-corrected chi connectivity index (χ2v) is 13.4. The number of amides is 4. The Kier molecular flexibility index (Phi) is 4.79. The highest BCUT2D eigenvalue weighted by Crippen LogP contribution is 2.38. The van der Waals surface area contributed by atoms with Crippen LogP contribution in [0.1, 0.15) is 47.9 Å². The standard InChI is InChI=1S/C19H23FN2O5Si/c1-19(2,3)28(4,5)27-13-9-12(15(23)21-16(13)24)22-17(25)10-7-6-8-11(20)14(10)18(22)26/h6-8,12-13H,9H2,1-5H3,(H,21,23,24). The summed E-state index contributed by atoms with van der Waals surface area (Å²) in [5.41, 5.74) is -0.435. The van der Waals surface area contributed by atoms with Crippen molar-refractivity contribution in [3.05, 3.63) is 35.1 Å². The zero-order valence-electron chi connectivity index (χ0n) is 16.5. The summed E-state index contributed by atoms with van der Waals surface area (Å²) in [5.74, 6) is -3.80. The molecule has 7 nitrogen and oxygen atoms in total. The number of halogens is 1. The van der Waals surface area contributed by atoms with Gasteiger partial charge in [0, 0.05) is 6.42 Å². The minimum Gasteiger partial charge on any atom is -0.405 e. The first-order chi connectivity index (χ1) is 12.8. The third-order valence-corrected chi connectivity index (χ3v) is 10.2. The van der Waals surface area contributed by atoms with E-state index in [1.54, 1.807) is 0 Å². The van der Waals surface area contributed by atoms with Crippen LogP contribution in [0.5, 0.6) is 0 Å². The molecule has 1 N–H and O–H groups in total. The van der Waals surface area contributed by atoms with Gasteiger partial charge in [-0.05, 0) is 30.3 Å². The largest absolute Gasteiger partial charge is 0.405 e. The van der Waals surface area contributed by atoms with E-state index in [-0.39, 0.29) is 22.6 Å². The van der Waals surface area contributed by atoms with Crippen molar-refractivity contribution in [2.75, 3.05) is 0 Å². The summed E-state index contributed by atoms with van der Waals surface area (Å²) in [6.45, 7) is 9.95. The molecule has 3 rings (SSSR count). The van der Waals surface area contributed by atoms with Crippen molar-refractivity contribution in [2.24, 2.45) is 0 Å². The Morgan fingerprint density at radius 2 is 1.75 bits per heavy atom. The summed E-state index contributed by atoms with van der Waals surface area (Å²) >= 11 is 0. The van der Waals surface area contributed by atoms with Crippen molar-refractivity contribution in [1.29, 1.82) is 0 Å². The maximum Gasteiger partial charge on any atom is 0.265 e. The molecule has 9 heteroatoms. The SMILES string of the molecule is CC(C)(C)[Si](C)(C)OC1CC(N2C(=O)c3cccc(F)c3C2=O)C(=O)NC1=O. The fraction of sp³-hybridized carbons (Fsp3) is 0.474. The van der Waals surface area contributed by atoms with E-state index < -0.39 is 49.9 Å². The van der Waals surface area contributed by atoms with Crippen LogP contribution in [-0.4, -0.2) is 49.0 Å². The number of nitrogens with one attached hydrogen (secondary N) is 1. The molecule has 4 amide bonds. The van der Waals surface area contributed by atoms with Gasteiger partial charge >= 0.3 is 0 Å². The number of fused-ring (bicyclic) bond motifs is 1. The Morgan fingerprint density at radius 3 is 2.32 bits per heavy atom. The van der Waals surface area contributed by atoms with Crippen LogP contribution in [0.3, 0.4) is 0 Å². The minimum atomic E-state index is -2.35. The van der Waals surface area contributed by atoms with Crippen molar-refractivity contribution in [2.45, 2.75) is 57.5 Å². The predicted octanol–water partition coefficient (Wildman–Crippen LogP) is 2.23. The van der Waals surface area contributed by atoms with Crippen LogP contribution >= 0.6 is 0 Å². The molecule has 2 unspecified atom stereocenters. The first-order valence-corrected chi connectivity index (χ1v) is 11.9. The molecule has 0 saturated carbocycles. The molecule has 0 aromatic heterocycles. The average Bonchev–Trinajstić information content (AvgIpc) is 2.81. The molecule has 1 fully saturated rings. The van der Waals surface area contributed by atoms with Gasteiger partial charge in [-0.3, -0.25) is 29.4 Å². The number of carbonyl (C=O) groups excluding carboxylic acids is 4. The first-order valence-electron chi connectivity index (χ1n) is 9.04. The smallest absolute Gasteiger partial charge is 0.265 e. The summed E-state index contributed by atoms with van der Waals surface area (Å²) in [6, 6.07) is 2.52. The summed E-state index contributed by atoms with van der Waals surface area (Å²) in [7, 11) is -2.35. The van der Waals surface area contributed by atoms with E-state index in [1.807, 2.05) is 33.9 Å². The van der Waals surface area contributed by atoms with Crippen LogP contribution in [0.4, 0.5) is 4.39 Å². The lowest BCUT2D eigenvalue weighted by Gasteiger charge is -2.41. The topological polar surface area (TPSA) is 92.8 Å². The van der Waals surface area contributed by atoms with Crippen molar-refractivity contribution in [3.63, 3.8) is 0 Å². The summed E-state index contributed by atoms with van der Waals surface area (Å²) in [4.78, 5) is 50.8. The molecular weight excluding hydrogens is 383 g/mol. The monoisotopic (exact) mass is 406 g/mol. The van der Waals surface area contributed by atoms with Gasteiger partial charge in [0.05, 0.1) is 11.1 Å². The Labute approximate surface area is 163 Å². The van der Waals surface area contributed by atoms with Crippen molar-refractivity contribution >= 4 is 31.9 Å². The van der Waals surface area contributed by atoms with Gasteiger partial charge in [-0.2, -0.15) is 0 Å². The van der Waals surface area contributed by atoms with E-state index in [0.717, 1.165) is 11.0 Å². The molecule has 0 spiro atoms. The summed E-state index contributed by atoms with van der Waals surface area (Å²) < 4.78 is 20.2. The lowest BCUT2D eigenvalue weighted by Crippen LogP contribution is -2.61. The van der Waals surface area contributed by atoms with Crippen LogP contribution in [0.2, 0.25) is 18.1 Å². The number of hydrogen-bond acceptors (Lipinski definition) is 5. The second kappa shape index (κ2) is 6.59. The van der Waals surface area contributed by atoms with Crippen molar-refractivity contribution in [1.82, 2.24) is 10.2 Å². The van der Waals surface area contributed by atoms with E-state index in [4.69, 9.17) is 4.43 Å². The number of imide groups is 2. The van der Waals surface area contributed by atoms with Gasteiger partial charge in [0.25, 0.3) is 17.7 Å². The highest BCUT2D eigenvalue weighted by molar-refractivity contribution is 6.74. The van der Waals surface area contributed by atoms with E-state index in [2.05, 4.69) is 5.32 Å². The van der Waals surface area contributed by atoms with Crippen LogP contribution in [-0.2, 0) is 14.0 Å². The van der Waals surface area contributed by atoms with Crippen LogP contribution in [0, 0.1) is 5.82 Å². The zero-order chi connectivity index (χ0) is 21.0. The van der Waals surface area contributed by atoms with Crippen molar-refractivity contribution in [3.8, 4) is 0 Å². The Balaban J connectivity index is 1.90. The Morgan fingerprint density at radius 1 is 1.11 bits per heavy atom. The van der Waals surface area contributed by atoms with Crippen LogP contribution in [0.25, 0.3) is 0 Å². The third kappa shape index (κ3) is 3.18. The molecule has 2 aliphatic rings. The number of nitrogens with zero attached hydrogens (tertiary/aromatic N) is 1. The minimum absolute atomic E-state index is 0.0865. The van der Waals surface area contributed by atoms with E-state index in [9.17, 15) is 23.6 Å². The second-order valence-electron chi connectivity index (χ2n) is 8.61. The quantitative estimate of drug-likeness (QED) is 0.614. The fourth-order valence-corrected chi connectivity index (χ4v) is 4.37. The Hall–Kier alpha value is -2.39. The molecule has 1 aromatic rings. The van der Waals surface area contributed by atoms with Gasteiger partial charge in [-0.15, -0.1) is 0 Å². The number of hydrogen-bond donors (Lipinski definition) is 1. The number of carbonyl (C=O) groups is 4. The van der Waals surface area contributed by atoms with E-state index in [0.29, 0.717) is 0 Å². The fourth-order valence-electron chi connectivity index (χ4n) is 3.10. The lowest BCUT2D eigenvalue weighted by molar-refractivity contribution is -0.142. The van der Waals surface area contributed by atoms with Gasteiger partial charge in [0.15, 0.2) is 8.32 Å². The molecule has 0 aliphatic carbocycles.